The number of hydrogen-bond acceptors (Lipinski definition) is 5. The van der Waals surface area contributed by atoms with E-state index in [0.29, 0.717) is 31.9 Å². The molecule has 0 unspecified atom stereocenters. The van der Waals surface area contributed by atoms with E-state index in [4.69, 9.17) is 4.42 Å². The van der Waals surface area contributed by atoms with Gasteiger partial charge in [0.1, 0.15) is 0 Å². The van der Waals surface area contributed by atoms with Crippen molar-refractivity contribution in [3.8, 4) is 0 Å². The van der Waals surface area contributed by atoms with Crippen molar-refractivity contribution in [1.82, 2.24) is 20.4 Å². The van der Waals surface area contributed by atoms with Crippen LogP contribution in [0.1, 0.15) is 10.6 Å². The number of imide groups is 1. The molecule has 0 aliphatic carbocycles. The zero-order valence-corrected chi connectivity index (χ0v) is 11.8. The summed E-state index contributed by atoms with van der Waals surface area (Å²) in [6.07, 6.45) is 1.46. The van der Waals surface area contributed by atoms with E-state index in [2.05, 4.69) is 10.6 Å². The van der Waals surface area contributed by atoms with Crippen LogP contribution in [0.25, 0.3) is 0 Å². The van der Waals surface area contributed by atoms with Crippen molar-refractivity contribution in [2.75, 3.05) is 39.8 Å². The Labute approximate surface area is 122 Å². The Hall–Kier alpha value is -2.35. The molecule has 2 rings (SSSR count). The minimum absolute atomic E-state index is 0.135. The maximum Gasteiger partial charge on any atom is 0.321 e. The summed E-state index contributed by atoms with van der Waals surface area (Å²) in [6, 6.07) is 2.78. The van der Waals surface area contributed by atoms with Crippen LogP contribution in [0.2, 0.25) is 0 Å². The zero-order valence-electron chi connectivity index (χ0n) is 11.8. The Bertz CT molecular complexity index is 506. The molecule has 1 saturated heterocycles. The molecule has 4 amide bonds. The van der Waals surface area contributed by atoms with Gasteiger partial charge >= 0.3 is 6.03 Å². The van der Waals surface area contributed by atoms with Gasteiger partial charge in [-0.05, 0) is 12.1 Å². The fourth-order valence-corrected chi connectivity index (χ4v) is 2.10. The summed E-state index contributed by atoms with van der Waals surface area (Å²) in [7, 11) is 1.45. The molecule has 1 aliphatic rings. The van der Waals surface area contributed by atoms with Gasteiger partial charge in [0.2, 0.25) is 5.91 Å². The Morgan fingerprint density at radius 3 is 2.52 bits per heavy atom. The molecule has 1 fully saturated rings. The van der Waals surface area contributed by atoms with Gasteiger partial charge < -0.3 is 14.6 Å². The third kappa shape index (κ3) is 4.06. The summed E-state index contributed by atoms with van der Waals surface area (Å²) in [5.74, 6) is -0.185. The Kier molecular flexibility index (Phi) is 4.94. The first kappa shape index (κ1) is 15.0. The molecule has 8 nitrogen and oxygen atoms in total. The van der Waals surface area contributed by atoms with Crippen LogP contribution in [0, 0.1) is 0 Å². The highest BCUT2D eigenvalue weighted by molar-refractivity contribution is 5.95. The Morgan fingerprint density at radius 2 is 1.95 bits per heavy atom. The topological polar surface area (TPSA) is 94.9 Å². The first-order valence-electron chi connectivity index (χ1n) is 6.67. The summed E-state index contributed by atoms with van der Waals surface area (Å²) in [5.41, 5.74) is 0. The number of furan rings is 1. The van der Waals surface area contributed by atoms with E-state index in [-0.39, 0.29) is 18.4 Å². The predicted octanol–water partition coefficient (Wildman–Crippen LogP) is -0.507. The van der Waals surface area contributed by atoms with Crippen LogP contribution >= 0.6 is 0 Å². The predicted molar refractivity (Wildman–Crippen MR) is 73.6 cm³/mol. The van der Waals surface area contributed by atoms with E-state index >= 15 is 0 Å². The molecule has 1 aromatic rings. The number of urea groups is 1. The van der Waals surface area contributed by atoms with Crippen molar-refractivity contribution in [2.24, 2.45) is 0 Å². The monoisotopic (exact) mass is 294 g/mol. The summed E-state index contributed by atoms with van der Waals surface area (Å²) in [4.78, 5) is 38.2. The van der Waals surface area contributed by atoms with Crippen LogP contribution in [0.4, 0.5) is 4.79 Å². The van der Waals surface area contributed by atoms with Gasteiger partial charge in [-0.25, -0.2) is 4.79 Å². The van der Waals surface area contributed by atoms with Crippen molar-refractivity contribution in [2.45, 2.75) is 0 Å². The molecule has 2 N–H and O–H groups in total. The van der Waals surface area contributed by atoms with Gasteiger partial charge in [-0.15, -0.1) is 0 Å². The molecule has 0 bridgehead atoms. The fourth-order valence-electron chi connectivity index (χ4n) is 2.10. The molecule has 2 heterocycles. The SMILES string of the molecule is CNC(=O)NC(=O)CN1CCN(C(=O)c2ccco2)CC1. The van der Waals surface area contributed by atoms with Crippen LogP contribution in [0.3, 0.4) is 0 Å². The number of nitrogens with one attached hydrogen (secondary N) is 2. The lowest BCUT2D eigenvalue weighted by Crippen LogP contribution is -2.52. The van der Waals surface area contributed by atoms with Crippen LogP contribution in [0.5, 0.6) is 0 Å². The highest BCUT2D eigenvalue weighted by Crippen LogP contribution is 2.09. The number of nitrogens with zero attached hydrogens (tertiary/aromatic N) is 2. The first-order valence-corrected chi connectivity index (χ1v) is 6.67. The van der Waals surface area contributed by atoms with Crippen LogP contribution in [0.15, 0.2) is 22.8 Å². The van der Waals surface area contributed by atoms with Gasteiger partial charge in [0.15, 0.2) is 5.76 Å². The smallest absolute Gasteiger partial charge is 0.321 e. The molecule has 0 saturated carbocycles. The minimum Gasteiger partial charge on any atom is -0.459 e. The van der Waals surface area contributed by atoms with E-state index in [9.17, 15) is 14.4 Å². The molecule has 0 aromatic carbocycles. The lowest BCUT2D eigenvalue weighted by Gasteiger charge is -2.33. The molecule has 0 spiro atoms. The molecule has 1 aliphatic heterocycles. The standard InChI is InChI=1S/C13H18N4O4/c1-14-13(20)15-11(18)9-16-4-6-17(7-5-16)12(19)10-3-2-8-21-10/h2-3,8H,4-7,9H2,1H3,(H2,14,15,18,20). The van der Waals surface area contributed by atoms with Crippen LogP contribution in [-0.2, 0) is 4.79 Å². The summed E-state index contributed by atoms with van der Waals surface area (Å²) in [6.45, 7) is 2.33. The van der Waals surface area contributed by atoms with Gasteiger partial charge in [0.25, 0.3) is 5.91 Å². The van der Waals surface area contributed by atoms with E-state index in [1.54, 1.807) is 17.0 Å². The third-order valence-corrected chi connectivity index (χ3v) is 3.24. The number of hydrogen-bond donors (Lipinski definition) is 2. The quantitative estimate of drug-likeness (QED) is 0.783. The number of carbonyl (C=O) groups is 3. The summed E-state index contributed by atoms with van der Waals surface area (Å²) in [5, 5.41) is 4.53. The number of piperazine rings is 1. The van der Waals surface area contributed by atoms with Crippen molar-refractivity contribution < 1.29 is 18.8 Å². The largest absolute Gasteiger partial charge is 0.459 e. The second-order valence-corrected chi connectivity index (χ2v) is 4.67. The summed E-state index contributed by atoms with van der Waals surface area (Å²) >= 11 is 0. The molecule has 0 radical (unpaired) electrons. The van der Waals surface area contributed by atoms with E-state index in [1.165, 1.54) is 13.3 Å². The average Bonchev–Trinajstić information content (AvgIpc) is 3.01. The molecule has 1 aromatic heterocycles. The second kappa shape index (κ2) is 6.89. The van der Waals surface area contributed by atoms with E-state index in [1.807, 2.05) is 4.90 Å². The van der Waals surface area contributed by atoms with Gasteiger partial charge in [-0.3, -0.25) is 19.8 Å². The molecular formula is C13H18N4O4. The minimum atomic E-state index is -0.522. The molecule has 0 atom stereocenters. The molecular weight excluding hydrogens is 276 g/mol. The van der Waals surface area contributed by atoms with E-state index < -0.39 is 6.03 Å². The molecule has 8 heteroatoms. The van der Waals surface area contributed by atoms with E-state index in [0.717, 1.165) is 0 Å². The van der Waals surface area contributed by atoms with Crippen LogP contribution < -0.4 is 10.6 Å². The van der Waals surface area contributed by atoms with Crippen molar-refractivity contribution in [3.63, 3.8) is 0 Å². The Morgan fingerprint density at radius 1 is 1.24 bits per heavy atom. The maximum absolute atomic E-state index is 12.1. The van der Waals surface area contributed by atoms with Crippen molar-refractivity contribution in [3.05, 3.63) is 24.2 Å². The highest BCUT2D eigenvalue weighted by Gasteiger charge is 2.24. The zero-order chi connectivity index (χ0) is 15.2. The van der Waals surface area contributed by atoms with Crippen molar-refractivity contribution >= 4 is 17.8 Å². The van der Waals surface area contributed by atoms with Crippen molar-refractivity contribution in [1.29, 1.82) is 0 Å². The normalized spacial score (nSPS) is 15.6. The molecule has 21 heavy (non-hydrogen) atoms. The average molecular weight is 294 g/mol. The Balaban J connectivity index is 1.77. The number of rotatable bonds is 3. The second-order valence-electron chi connectivity index (χ2n) is 4.67. The fraction of sp³-hybridized carbons (Fsp3) is 0.462. The third-order valence-electron chi connectivity index (χ3n) is 3.24. The van der Waals surface area contributed by atoms with Crippen LogP contribution in [-0.4, -0.2) is 67.4 Å². The number of carbonyl (C=O) groups excluding carboxylic acids is 3. The first-order chi connectivity index (χ1) is 10.1. The number of amides is 4. The highest BCUT2D eigenvalue weighted by atomic mass is 16.3. The lowest BCUT2D eigenvalue weighted by molar-refractivity contribution is -0.121. The molecule has 114 valence electrons. The maximum atomic E-state index is 12.1. The lowest BCUT2D eigenvalue weighted by atomic mass is 10.3. The van der Waals surface area contributed by atoms with Gasteiger partial charge in [0, 0.05) is 33.2 Å². The van der Waals surface area contributed by atoms with Gasteiger partial charge in [-0.2, -0.15) is 0 Å². The van der Waals surface area contributed by atoms with Gasteiger partial charge in [0.05, 0.1) is 12.8 Å². The van der Waals surface area contributed by atoms with Gasteiger partial charge in [-0.1, -0.05) is 0 Å². The summed E-state index contributed by atoms with van der Waals surface area (Å²) < 4.78 is 5.08.